The Morgan fingerprint density at radius 1 is 1.25 bits per heavy atom. The van der Waals surface area contributed by atoms with E-state index in [0.29, 0.717) is 17.0 Å². The molecule has 1 N–H and O–H groups in total. The van der Waals surface area contributed by atoms with Gasteiger partial charge in [-0.3, -0.25) is 0 Å². The Morgan fingerprint density at radius 2 is 2.10 bits per heavy atom. The summed E-state index contributed by atoms with van der Waals surface area (Å²) in [5, 5.41) is 0.430. The molecule has 0 saturated carbocycles. The largest absolute Gasteiger partial charge is 0.342 e. The van der Waals surface area contributed by atoms with Crippen molar-refractivity contribution in [2.45, 2.75) is 19.8 Å². The third kappa shape index (κ3) is 2.41. The molecular formula is C16H14ClFN2. The average Bonchev–Trinajstić information content (AvgIpc) is 2.84. The average molecular weight is 289 g/mol. The number of hydrogen-bond acceptors (Lipinski definition) is 1. The lowest BCUT2D eigenvalue weighted by molar-refractivity contribution is 0.612. The van der Waals surface area contributed by atoms with Gasteiger partial charge in [-0.25, -0.2) is 9.37 Å². The topological polar surface area (TPSA) is 28.7 Å². The number of aryl methyl sites for hydroxylation is 1. The highest BCUT2D eigenvalue weighted by molar-refractivity contribution is 6.31. The molecule has 2 aromatic carbocycles. The van der Waals surface area contributed by atoms with Gasteiger partial charge >= 0.3 is 0 Å². The molecule has 0 amide bonds. The van der Waals surface area contributed by atoms with Crippen LogP contribution >= 0.6 is 11.6 Å². The summed E-state index contributed by atoms with van der Waals surface area (Å²) in [6.07, 6.45) is 1.34. The molecule has 0 fully saturated rings. The molecule has 20 heavy (non-hydrogen) atoms. The van der Waals surface area contributed by atoms with E-state index in [2.05, 4.69) is 29.0 Å². The summed E-state index contributed by atoms with van der Waals surface area (Å²) in [6, 6.07) is 10.8. The van der Waals surface area contributed by atoms with Gasteiger partial charge < -0.3 is 4.98 Å². The van der Waals surface area contributed by atoms with Crippen molar-refractivity contribution in [1.82, 2.24) is 9.97 Å². The highest BCUT2D eigenvalue weighted by Gasteiger charge is 2.11. The maximum absolute atomic E-state index is 13.8. The van der Waals surface area contributed by atoms with E-state index in [1.165, 1.54) is 11.6 Å². The maximum Gasteiger partial charge on any atom is 0.128 e. The molecule has 4 heteroatoms. The van der Waals surface area contributed by atoms with Crippen LogP contribution < -0.4 is 0 Å². The number of aromatic amines is 1. The Kier molecular flexibility index (Phi) is 3.45. The normalized spacial score (nSPS) is 11.2. The summed E-state index contributed by atoms with van der Waals surface area (Å²) in [7, 11) is 0. The van der Waals surface area contributed by atoms with Gasteiger partial charge in [0.05, 0.1) is 11.0 Å². The van der Waals surface area contributed by atoms with Gasteiger partial charge in [0.25, 0.3) is 0 Å². The molecule has 0 aliphatic carbocycles. The van der Waals surface area contributed by atoms with Gasteiger partial charge in [-0.15, -0.1) is 0 Å². The number of nitrogens with zero attached hydrogens (tertiary/aromatic N) is 1. The van der Waals surface area contributed by atoms with Crippen LogP contribution in [-0.2, 0) is 12.8 Å². The van der Waals surface area contributed by atoms with Crippen molar-refractivity contribution in [2.75, 3.05) is 0 Å². The van der Waals surface area contributed by atoms with Gasteiger partial charge in [0, 0.05) is 17.0 Å². The van der Waals surface area contributed by atoms with Crippen LogP contribution in [0.15, 0.2) is 36.4 Å². The summed E-state index contributed by atoms with van der Waals surface area (Å²) in [5.41, 5.74) is 3.59. The van der Waals surface area contributed by atoms with Crippen molar-refractivity contribution in [2.24, 2.45) is 0 Å². The molecule has 0 bridgehead atoms. The second kappa shape index (κ2) is 5.25. The van der Waals surface area contributed by atoms with Crippen molar-refractivity contribution >= 4 is 22.6 Å². The highest BCUT2D eigenvalue weighted by atomic mass is 35.5. The number of H-pyrrole nitrogens is 1. The van der Waals surface area contributed by atoms with E-state index < -0.39 is 0 Å². The van der Waals surface area contributed by atoms with Gasteiger partial charge in [0.1, 0.15) is 11.6 Å². The summed E-state index contributed by atoms with van der Waals surface area (Å²) in [6.45, 7) is 2.11. The monoisotopic (exact) mass is 288 g/mol. The standard InChI is InChI=1S/C16H14ClFN2/c1-2-10-6-7-14-15(8-10)20-16(19-14)9-11-12(17)4-3-5-13(11)18/h3-8H,2,9H2,1H3,(H,19,20). The van der Waals surface area contributed by atoms with Crippen molar-refractivity contribution in [3.8, 4) is 0 Å². The number of imidazole rings is 1. The zero-order valence-electron chi connectivity index (χ0n) is 11.1. The summed E-state index contributed by atoms with van der Waals surface area (Å²) >= 11 is 6.04. The van der Waals surface area contributed by atoms with E-state index in [4.69, 9.17) is 11.6 Å². The first-order valence-corrected chi connectivity index (χ1v) is 6.95. The van der Waals surface area contributed by atoms with Crippen LogP contribution in [-0.4, -0.2) is 9.97 Å². The molecule has 0 unspecified atom stereocenters. The van der Waals surface area contributed by atoms with E-state index in [1.54, 1.807) is 12.1 Å². The van der Waals surface area contributed by atoms with Gasteiger partial charge in [-0.1, -0.05) is 30.7 Å². The van der Waals surface area contributed by atoms with Crippen molar-refractivity contribution in [3.05, 3.63) is 64.2 Å². The van der Waals surface area contributed by atoms with Gasteiger partial charge in [0.2, 0.25) is 0 Å². The minimum atomic E-state index is -0.299. The molecule has 3 aromatic rings. The minimum Gasteiger partial charge on any atom is -0.342 e. The fourth-order valence-electron chi connectivity index (χ4n) is 2.28. The van der Waals surface area contributed by atoms with Crippen molar-refractivity contribution in [3.63, 3.8) is 0 Å². The molecule has 0 aliphatic heterocycles. The van der Waals surface area contributed by atoms with Crippen LogP contribution in [0.3, 0.4) is 0 Å². The second-order valence-electron chi connectivity index (χ2n) is 4.77. The van der Waals surface area contributed by atoms with E-state index >= 15 is 0 Å². The minimum absolute atomic E-state index is 0.299. The molecule has 1 aromatic heterocycles. The van der Waals surface area contributed by atoms with Crippen LogP contribution in [0.1, 0.15) is 23.9 Å². The smallest absolute Gasteiger partial charge is 0.128 e. The Hall–Kier alpha value is -1.87. The van der Waals surface area contributed by atoms with Crippen LogP contribution in [0, 0.1) is 5.82 Å². The molecule has 0 spiro atoms. The SMILES string of the molecule is CCc1ccc2nc(Cc3c(F)cccc3Cl)[nH]c2c1. The molecule has 0 radical (unpaired) electrons. The number of rotatable bonds is 3. The Morgan fingerprint density at radius 3 is 2.85 bits per heavy atom. The fourth-order valence-corrected chi connectivity index (χ4v) is 2.51. The molecular weight excluding hydrogens is 275 g/mol. The first kappa shape index (κ1) is 13.1. The van der Waals surface area contributed by atoms with Crippen LogP contribution in [0.25, 0.3) is 11.0 Å². The quantitative estimate of drug-likeness (QED) is 0.755. The number of halogens is 2. The van der Waals surface area contributed by atoms with E-state index in [1.807, 2.05) is 6.07 Å². The number of aromatic nitrogens is 2. The Balaban J connectivity index is 1.99. The number of benzene rings is 2. The molecule has 1 heterocycles. The molecule has 0 atom stereocenters. The third-order valence-electron chi connectivity index (χ3n) is 3.41. The second-order valence-corrected chi connectivity index (χ2v) is 5.17. The zero-order valence-corrected chi connectivity index (χ0v) is 11.8. The van der Waals surface area contributed by atoms with Gasteiger partial charge in [-0.05, 0) is 36.2 Å². The number of fused-ring (bicyclic) bond motifs is 1. The molecule has 102 valence electrons. The molecule has 0 saturated heterocycles. The zero-order chi connectivity index (χ0) is 14.1. The lowest BCUT2D eigenvalue weighted by Gasteiger charge is -2.03. The third-order valence-corrected chi connectivity index (χ3v) is 3.76. The lowest BCUT2D eigenvalue weighted by atomic mass is 10.1. The fraction of sp³-hybridized carbons (Fsp3) is 0.188. The first-order chi connectivity index (χ1) is 9.67. The first-order valence-electron chi connectivity index (χ1n) is 6.57. The lowest BCUT2D eigenvalue weighted by Crippen LogP contribution is -1.95. The molecule has 0 aliphatic rings. The highest BCUT2D eigenvalue weighted by Crippen LogP contribution is 2.23. The van der Waals surface area contributed by atoms with Crippen LogP contribution in [0.4, 0.5) is 4.39 Å². The number of hydrogen-bond donors (Lipinski definition) is 1. The Bertz CT molecular complexity index is 744. The molecule has 2 nitrogen and oxygen atoms in total. The van der Waals surface area contributed by atoms with Gasteiger partial charge in [-0.2, -0.15) is 0 Å². The van der Waals surface area contributed by atoms with Crippen LogP contribution in [0.2, 0.25) is 5.02 Å². The summed E-state index contributed by atoms with van der Waals surface area (Å²) < 4.78 is 13.8. The predicted molar refractivity (Wildman–Crippen MR) is 79.7 cm³/mol. The van der Waals surface area contributed by atoms with E-state index in [-0.39, 0.29) is 5.82 Å². The summed E-state index contributed by atoms with van der Waals surface area (Å²) in [4.78, 5) is 7.72. The van der Waals surface area contributed by atoms with E-state index in [0.717, 1.165) is 23.3 Å². The van der Waals surface area contributed by atoms with Crippen molar-refractivity contribution in [1.29, 1.82) is 0 Å². The van der Waals surface area contributed by atoms with E-state index in [9.17, 15) is 4.39 Å². The van der Waals surface area contributed by atoms with Crippen molar-refractivity contribution < 1.29 is 4.39 Å². The van der Waals surface area contributed by atoms with Crippen LogP contribution in [0.5, 0.6) is 0 Å². The van der Waals surface area contributed by atoms with Gasteiger partial charge in [0.15, 0.2) is 0 Å². The Labute approximate surface area is 121 Å². The molecule has 3 rings (SSSR count). The number of nitrogens with one attached hydrogen (secondary N) is 1. The predicted octanol–water partition coefficient (Wildman–Crippen LogP) is 4.51. The summed E-state index contributed by atoms with van der Waals surface area (Å²) in [5.74, 6) is 0.424. The maximum atomic E-state index is 13.8.